The summed E-state index contributed by atoms with van der Waals surface area (Å²) in [4.78, 5) is 25.6. The van der Waals surface area contributed by atoms with Crippen LogP contribution in [0.5, 0.6) is 0 Å². The molecule has 4 rings (SSSR count). The summed E-state index contributed by atoms with van der Waals surface area (Å²) in [7, 11) is 0. The van der Waals surface area contributed by atoms with Crippen molar-refractivity contribution in [1.29, 1.82) is 5.26 Å². The van der Waals surface area contributed by atoms with Gasteiger partial charge in [0, 0.05) is 11.6 Å². The third-order valence-corrected chi connectivity index (χ3v) is 7.90. The zero-order chi connectivity index (χ0) is 23.3. The second-order valence-electron chi connectivity index (χ2n) is 7.99. The topological polar surface area (TPSA) is 82.0 Å². The normalized spacial score (nSPS) is 22.2. The Bertz CT molecular complexity index is 1160. The highest BCUT2D eigenvalue weighted by Crippen LogP contribution is 2.65. The molecule has 2 aromatic carbocycles. The van der Waals surface area contributed by atoms with Gasteiger partial charge in [0.2, 0.25) is 5.91 Å². The molecule has 0 aliphatic heterocycles. The van der Waals surface area contributed by atoms with E-state index >= 15 is 0 Å². The van der Waals surface area contributed by atoms with E-state index in [1.165, 1.54) is 12.1 Å². The van der Waals surface area contributed by atoms with Gasteiger partial charge in [0.1, 0.15) is 9.87 Å². The Hall–Kier alpha value is -1.68. The lowest BCUT2D eigenvalue weighted by molar-refractivity contribution is -0.117. The van der Waals surface area contributed by atoms with Crippen LogP contribution in [-0.4, -0.2) is 21.7 Å². The maximum absolute atomic E-state index is 12.9. The molecule has 0 aromatic heterocycles. The molecule has 2 saturated carbocycles. The van der Waals surface area contributed by atoms with Crippen LogP contribution in [0.3, 0.4) is 0 Å². The fourth-order valence-electron chi connectivity index (χ4n) is 3.85. The van der Waals surface area contributed by atoms with Crippen molar-refractivity contribution in [2.75, 3.05) is 5.32 Å². The maximum Gasteiger partial charge on any atom is 0.254 e. The molecule has 2 aliphatic rings. The van der Waals surface area contributed by atoms with Crippen LogP contribution >= 0.6 is 58.0 Å². The lowest BCUT2D eigenvalue weighted by Crippen LogP contribution is -2.52. The molecule has 10 heteroatoms. The van der Waals surface area contributed by atoms with E-state index in [0.717, 1.165) is 6.42 Å². The standard InChI is InChI=1S/C22H16Cl5N3O2/c23-14-5-3-12(9-13(14)19(31)30-21(10-28)6-1-7-21)29-20(32)18-17(22(18,26)27)11-2-4-15(24)16(25)8-11/h2-5,8-9,17-18H,1,6-7H2,(H,29,32)(H,30,31). The predicted octanol–water partition coefficient (Wildman–Crippen LogP) is 6.35. The Labute approximate surface area is 209 Å². The highest BCUT2D eigenvalue weighted by molar-refractivity contribution is 6.53. The summed E-state index contributed by atoms with van der Waals surface area (Å²) >= 11 is 31.0. The highest BCUT2D eigenvalue weighted by Gasteiger charge is 2.67. The minimum absolute atomic E-state index is 0.158. The first kappa shape index (κ1) is 23.5. The third-order valence-electron chi connectivity index (χ3n) is 5.89. The average molecular weight is 532 g/mol. The number of alkyl halides is 2. The number of anilines is 1. The molecule has 2 fully saturated rings. The van der Waals surface area contributed by atoms with E-state index in [1.54, 1.807) is 24.3 Å². The van der Waals surface area contributed by atoms with Crippen molar-refractivity contribution in [3.05, 3.63) is 62.6 Å². The fourth-order valence-corrected chi connectivity index (χ4v) is 5.19. The number of carbonyl (C=O) groups is 2. The monoisotopic (exact) mass is 529 g/mol. The van der Waals surface area contributed by atoms with Crippen molar-refractivity contribution in [1.82, 2.24) is 5.32 Å². The van der Waals surface area contributed by atoms with Gasteiger partial charge in [-0.25, -0.2) is 0 Å². The first-order chi connectivity index (χ1) is 15.1. The predicted molar refractivity (Wildman–Crippen MR) is 127 cm³/mol. The molecule has 0 bridgehead atoms. The Morgan fingerprint density at radius 1 is 1.00 bits per heavy atom. The van der Waals surface area contributed by atoms with Crippen molar-refractivity contribution < 1.29 is 9.59 Å². The van der Waals surface area contributed by atoms with E-state index in [2.05, 4.69) is 16.7 Å². The van der Waals surface area contributed by atoms with Crippen molar-refractivity contribution in [2.45, 2.75) is 35.1 Å². The van der Waals surface area contributed by atoms with Crippen LogP contribution in [0.4, 0.5) is 5.69 Å². The van der Waals surface area contributed by atoms with Crippen LogP contribution in [0.15, 0.2) is 36.4 Å². The number of carbonyl (C=O) groups excluding carboxylic acids is 2. The molecule has 2 unspecified atom stereocenters. The summed E-state index contributed by atoms with van der Waals surface area (Å²) in [5, 5.41) is 15.8. The second-order valence-corrected chi connectivity index (χ2v) is 10.7. The van der Waals surface area contributed by atoms with Gasteiger partial charge in [0.25, 0.3) is 5.91 Å². The first-order valence-electron chi connectivity index (χ1n) is 9.75. The molecular formula is C22H16Cl5N3O2. The molecule has 2 N–H and O–H groups in total. The number of rotatable bonds is 5. The number of nitriles is 1. The van der Waals surface area contributed by atoms with Gasteiger partial charge in [0.05, 0.1) is 32.6 Å². The zero-order valence-corrected chi connectivity index (χ0v) is 20.2. The van der Waals surface area contributed by atoms with Crippen molar-refractivity contribution in [3.63, 3.8) is 0 Å². The molecule has 166 valence electrons. The van der Waals surface area contributed by atoms with Gasteiger partial charge in [-0.15, -0.1) is 23.2 Å². The van der Waals surface area contributed by atoms with E-state index in [-0.39, 0.29) is 10.6 Å². The van der Waals surface area contributed by atoms with Crippen LogP contribution in [0, 0.1) is 17.2 Å². The molecule has 0 spiro atoms. The van der Waals surface area contributed by atoms with Gasteiger partial charge in [0.15, 0.2) is 0 Å². The summed E-state index contributed by atoms with van der Waals surface area (Å²) in [6.45, 7) is 0. The van der Waals surface area contributed by atoms with E-state index in [4.69, 9.17) is 58.0 Å². The lowest BCUT2D eigenvalue weighted by Gasteiger charge is -2.35. The minimum Gasteiger partial charge on any atom is -0.334 e. The number of hydrogen-bond donors (Lipinski definition) is 2. The summed E-state index contributed by atoms with van der Waals surface area (Å²) < 4.78 is -1.31. The molecule has 0 radical (unpaired) electrons. The first-order valence-corrected chi connectivity index (χ1v) is 11.6. The van der Waals surface area contributed by atoms with Crippen LogP contribution in [-0.2, 0) is 4.79 Å². The van der Waals surface area contributed by atoms with E-state index in [0.29, 0.717) is 34.1 Å². The number of nitrogens with one attached hydrogen (secondary N) is 2. The van der Waals surface area contributed by atoms with Crippen LogP contribution < -0.4 is 10.6 Å². The fraction of sp³-hybridized carbons (Fsp3) is 0.318. The number of hydrogen-bond acceptors (Lipinski definition) is 3. The Morgan fingerprint density at radius 2 is 1.69 bits per heavy atom. The largest absolute Gasteiger partial charge is 0.334 e. The molecule has 32 heavy (non-hydrogen) atoms. The van der Waals surface area contributed by atoms with Crippen LogP contribution in [0.1, 0.15) is 41.1 Å². The lowest BCUT2D eigenvalue weighted by atomic mass is 9.78. The summed E-state index contributed by atoms with van der Waals surface area (Å²) in [6, 6.07) is 11.7. The van der Waals surface area contributed by atoms with E-state index < -0.39 is 33.5 Å². The van der Waals surface area contributed by atoms with Gasteiger partial charge in [-0.1, -0.05) is 40.9 Å². The van der Waals surface area contributed by atoms with Gasteiger partial charge in [-0.05, 0) is 55.2 Å². The molecule has 2 aromatic rings. The molecule has 0 heterocycles. The van der Waals surface area contributed by atoms with Crippen LogP contribution in [0.2, 0.25) is 15.1 Å². The van der Waals surface area contributed by atoms with Gasteiger partial charge in [-0.3, -0.25) is 9.59 Å². The number of halogens is 5. The van der Waals surface area contributed by atoms with Gasteiger partial charge in [-0.2, -0.15) is 5.26 Å². The van der Waals surface area contributed by atoms with Gasteiger partial charge < -0.3 is 10.6 Å². The van der Waals surface area contributed by atoms with E-state index in [1.807, 2.05) is 0 Å². The summed E-state index contributed by atoms with van der Waals surface area (Å²) in [6.07, 6.45) is 2.06. The Morgan fingerprint density at radius 3 is 2.28 bits per heavy atom. The maximum atomic E-state index is 12.9. The third kappa shape index (κ3) is 4.27. The van der Waals surface area contributed by atoms with Crippen molar-refractivity contribution >= 4 is 75.5 Å². The van der Waals surface area contributed by atoms with Crippen molar-refractivity contribution in [2.24, 2.45) is 5.92 Å². The summed E-state index contributed by atoms with van der Waals surface area (Å²) in [5.41, 5.74) is 0.347. The summed E-state index contributed by atoms with van der Waals surface area (Å²) in [5.74, 6) is -2.08. The second kappa shape index (κ2) is 8.59. The number of benzene rings is 2. The Balaban J connectivity index is 1.50. The SMILES string of the molecule is N#CC1(NC(=O)c2cc(NC(=O)C3C(c4ccc(Cl)c(Cl)c4)C3(Cl)Cl)ccc2Cl)CCC1. The molecule has 5 nitrogen and oxygen atoms in total. The molecule has 2 atom stereocenters. The molecule has 0 saturated heterocycles. The molecule has 2 aliphatic carbocycles. The van der Waals surface area contributed by atoms with E-state index in [9.17, 15) is 14.9 Å². The highest BCUT2D eigenvalue weighted by atomic mass is 35.5. The Kier molecular flexibility index (Phi) is 6.30. The minimum atomic E-state index is -1.31. The number of nitrogens with zero attached hydrogens (tertiary/aromatic N) is 1. The zero-order valence-electron chi connectivity index (χ0n) is 16.4. The van der Waals surface area contributed by atoms with Crippen molar-refractivity contribution in [3.8, 4) is 6.07 Å². The average Bonchev–Trinajstić information content (AvgIpc) is 3.30. The van der Waals surface area contributed by atoms with Crippen LogP contribution in [0.25, 0.3) is 0 Å². The number of amides is 2. The molecular weight excluding hydrogens is 516 g/mol. The smallest absolute Gasteiger partial charge is 0.254 e. The molecule has 2 amide bonds. The quantitative estimate of drug-likeness (QED) is 0.441. The van der Waals surface area contributed by atoms with Gasteiger partial charge >= 0.3 is 0 Å².